The molecule has 0 N–H and O–H groups in total. The Balaban J connectivity index is 1.72. The predicted octanol–water partition coefficient (Wildman–Crippen LogP) is 6.26. The number of hydrogen-bond donors (Lipinski definition) is 0. The monoisotopic (exact) mass is 431 g/mol. The van der Waals surface area contributed by atoms with E-state index in [2.05, 4.69) is 73.6 Å². The number of benzene rings is 2. The molecular formula is C28H37N3O. The second-order valence-corrected chi connectivity index (χ2v) is 9.63. The Bertz CT molecular complexity index is 951. The van der Waals surface area contributed by atoms with E-state index in [1.54, 1.807) is 6.20 Å². The highest BCUT2D eigenvalue weighted by Crippen LogP contribution is 2.23. The number of hydrogen-bond acceptors (Lipinski definition) is 2. The number of carbonyl (C=O) groups is 1. The number of unbranched alkanes of at least 4 members (excludes halogenated alkanes) is 1. The van der Waals surface area contributed by atoms with Gasteiger partial charge in [0.25, 0.3) is 5.91 Å². The molecule has 3 aromatic rings. The van der Waals surface area contributed by atoms with Gasteiger partial charge in [-0.1, -0.05) is 70.5 Å². The maximum atomic E-state index is 13.4. The zero-order valence-corrected chi connectivity index (χ0v) is 20.1. The Morgan fingerprint density at radius 2 is 1.66 bits per heavy atom. The smallest absolute Gasteiger partial charge is 0.254 e. The van der Waals surface area contributed by atoms with Gasteiger partial charge in [0.2, 0.25) is 0 Å². The Morgan fingerprint density at radius 1 is 0.969 bits per heavy atom. The lowest BCUT2D eigenvalue weighted by molar-refractivity contribution is 0.0739. The molecule has 1 heterocycles. The van der Waals surface area contributed by atoms with E-state index in [1.165, 1.54) is 24.0 Å². The van der Waals surface area contributed by atoms with E-state index < -0.39 is 0 Å². The normalized spacial score (nSPS) is 11.5. The van der Waals surface area contributed by atoms with Gasteiger partial charge in [0, 0.05) is 37.6 Å². The summed E-state index contributed by atoms with van der Waals surface area (Å²) in [4.78, 5) is 19.5. The number of nitrogens with zero attached hydrogens (tertiary/aromatic N) is 3. The van der Waals surface area contributed by atoms with Gasteiger partial charge in [-0.05, 0) is 53.5 Å². The first-order valence-corrected chi connectivity index (χ1v) is 11.8. The Labute approximate surface area is 193 Å². The highest BCUT2D eigenvalue weighted by atomic mass is 16.2. The van der Waals surface area contributed by atoms with E-state index in [9.17, 15) is 4.79 Å². The zero-order chi connectivity index (χ0) is 23.0. The van der Waals surface area contributed by atoms with Crippen molar-refractivity contribution in [2.24, 2.45) is 0 Å². The molecule has 0 aliphatic carbocycles. The molecule has 0 radical (unpaired) electrons. The summed E-state index contributed by atoms with van der Waals surface area (Å²) in [5.74, 6) is 0.0950. The molecule has 4 heteroatoms. The zero-order valence-electron chi connectivity index (χ0n) is 20.1. The van der Waals surface area contributed by atoms with Gasteiger partial charge in [-0.25, -0.2) is 4.98 Å². The summed E-state index contributed by atoms with van der Waals surface area (Å²) in [6.45, 7) is 11.0. The van der Waals surface area contributed by atoms with Crippen molar-refractivity contribution in [2.75, 3.05) is 6.54 Å². The van der Waals surface area contributed by atoms with Gasteiger partial charge in [-0.2, -0.15) is 0 Å². The third-order valence-corrected chi connectivity index (χ3v) is 5.90. The van der Waals surface area contributed by atoms with Gasteiger partial charge < -0.3 is 9.47 Å². The lowest BCUT2D eigenvalue weighted by atomic mass is 9.87. The van der Waals surface area contributed by atoms with Crippen LogP contribution in [0.1, 0.15) is 74.0 Å². The minimum Gasteiger partial charge on any atom is -0.337 e. The van der Waals surface area contributed by atoms with Gasteiger partial charge in [-0.15, -0.1) is 0 Å². The molecule has 0 spiro atoms. The number of amides is 1. The van der Waals surface area contributed by atoms with Crippen molar-refractivity contribution in [3.05, 3.63) is 89.5 Å². The largest absolute Gasteiger partial charge is 0.337 e. The third-order valence-electron chi connectivity index (χ3n) is 5.90. The van der Waals surface area contributed by atoms with Gasteiger partial charge in [-0.3, -0.25) is 4.79 Å². The van der Waals surface area contributed by atoms with Gasteiger partial charge >= 0.3 is 0 Å². The van der Waals surface area contributed by atoms with Crippen LogP contribution >= 0.6 is 0 Å². The second kappa shape index (κ2) is 11.1. The molecule has 3 rings (SSSR count). The fourth-order valence-electron chi connectivity index (χ4n) is 3.82. The standard InChI is InChI=1S/C28H37N3O/c1-5-6-8-23-9-13-25(14-10-23)27(32)31(19-7-18-30-20-17-29-22-30)21-24-11-15-26(16-12-24)28(2,3)4/h9-17,20,22H,5-8,18-19,21H2,1-4H3. The van der Waals surface area contributed by atoms with Crippen LogP contribution in [0.15, 0.2) is 67.3 Å². The maximum absolute atomic E-state index is 13.4. The molecule has 0 bridgehead atoms. The summed E-state index contributed by atoms with van der Waals surface area (Å²) in [6.07, 6.45) is 9.90. The number of carbonyl (C=O) groups excluding carboxylic acids is 1. The van der Waals surface area contributed by atoms with Crippen LogP contribution in [-0.4, -0.2) is 26.9 Å². The van der Waals surface area contributed by atoms with Crippen LogP contribution in [0.2, 0.25) is 0 Å². The molecule has 170 valence electrons. The first-order valence-electron chi connectivity index (χ1n) is 11.8. The lowest BCUT2D eigenvalue weighted by Gasteiger charge is -2.24. The van der Waals surface area contributed by atoms with Crippen LogP contribution in [-0.2, 0) is 24.9 Å². The minimum absolute atomic E-state index is 0.0950. The average Bonchev–Trinajstić information content (AvgIpc) is 3.30. The Kier molecular flexibility index (Phi) is 8.26. The Morgan fingerprint density at radius 3 is 2.25 bits per heavy atom. The van der Waals surface area contributed by atoms with Crippen molar-refractivity contribution in [3.63, 3.8) is 0 Å². The molecule has 2 aromatic carbocycles. The van der Waals surface area contributed by atoms with Crippen molar-refractivity contribution in [1.82, 2.24) is 14.5 Å². The van der Waals surface area contributed by atoms with Crippen molar-refractivity contribution in [2.45, 2.75) is 71.9 Å². The van der Waals surface area contributed by atoms with E-state index in [1.807, 2.05) is 29.6 Å². The number of aromatic nitrogens is 2. The predicted molar refractivity (Wildman–Crippen MR) is 132 cm³/mol. The molecule has 1 aromatic heterocycles. The molecule has 0 unspecified atom stereocenters. The SMILES string of the molecule is CCCCc1ccc(C(=O)N(CCCn2ccnc2)Cc2ccc(C(C)(C)C)cc2)cc1. The molecule has 0 fully saturated rings. The topological polar surface area (TPSA) is 38.1 Å². The summed E-state index contributed by atoms with van der Waals surface area (Å²) in [7, 11) is 0. The second-order valence-electron chi connectivity index (χ2n) is 9.63. The number of rotatable bonds is 10. The molecule has 1 amide bonds. The van der Waals surface area contributed by atoms with Crippen molar-refractivity contribution in [3.8, 4) is 0 Å². The first kappa shape index (κ1) is 23.8. The van der Waals surface area contributed by atoms with Gasteiger partial charge in [0.05, 0.1) is 6.33 Å². The average molecular weight is 432 g/mol. The molecule has 0 saturated carbocycles. The van der Waals surface area contributed by atoms with Gasteiger partial charge in [0.15, 0.2) is 0 Å². The van der Waals surface area contributed by atoms with E-state index in [0.717, 1.165) is 30.5 Å². The van der Waals surface area contributed by atoms with Gasteiger partial charge in [0.1, 0.15) is 0 Å². The molecule has 0 atom stereocenters. The van der Waals surface area contributed by atoms with Crippen LogP contribution in [0.3, 0.4) is 0 Å². The van der Waals surface area contributed by atoms with Crippen LogP contribution < -0.4 is 0 Å². The number of aryl methyl sites for hydroxylation is 2. The summed E-state index contributed by atoms with van der Waals surface area (Å²) < 4.78 is 2.06. The fraction of sp³-hybridized carbons (Fsp3) is 0.429. The van der Waals surface area contributed by atoms with Crippen molar-refractivity contribution in [1.29, 1.82) is 0 Å². The fourth-order valence-corrected chi connectivity index (χ4v) is 3.82. The van der Waals surface area contributed by atoms with Crippen LogP contribution in [0.25, 0.3) is 0 Å². The molecule has 32 heavy (non-hydrogen) atoms. The van der Waals surface area contributed by atoms with Crippen molar-refractivity contribution >= 4 is 5.91 Å². The van der Waals surface area contributed by atoms with Crippen molar-refractivity contribution < 1.29 is 4.79 Å². The number of imidazole rings is 1. The van der Waals surface area contributed by atoms with Crippen LogP contribution in [0.5, 0.6) is 0 Å². The minimum atomic E-state index is 0.0950. The summed E-state index contributed by atoms with van der Waals surface area (Å²) in [5.41, 5.74) is 4.65. The summed E-state index contributed by atoms with van der Waals surface area (Å²) >= 11 is 0. The quantitative estimate of drug-likeness (QED) is 0.380. The van der Waals surface area contributed by atoms with E-state index in [4.69, 9.17) is 0 Å². The molecular weight excluding hydrogens is 394 g/mol. The maximum Gasteiger partial charge on any atom is 0.254 e. The molecule has 0 aliphatic heterocycles. The van der Waals surface area contributed by atoms with Crippen LogP contribution in [0, 0.1) is 0 Å². The van der Waals surface area contributed by atoms with E-state index in [-0.39, 0.29) is 11.3 Å². The Hall–Kier alpha value is -2.88. The summed E-state index contributed by atoms with van der Waals surface area (Å²) in [6, 6.07) is 16.9. The highest BCUT2D eigenvalue weighted by Gasteiger charge is 2.17. The highest BCUT2D eigenvalue weighted by molar-refractivity contribution is 5.94. The lowest BCUT2D eigenvalue weighted by Crippen LogP contribution is -2.32. The summed E-state index contributed by atoms with van der Waals surface area (Å²) in [5, 5.41) is 0. The van der Waals surface area contributed by atoms with E-state index in [0.29, 0.717) is 13.1 Å². The molecule has 4 nitrogen and oxygen atoms in total. The molecule has 0 aliphatic rings. The third kappa shape index (κ3) is 6.81. The van der Waals surface area contributed by atoms with Crippen LogP contribution in [0.4, 0.5) is 0 Å². The first-order chi connectivity index (χ1) is 15.4. The van der Waals surface area contributed by atoms with E-state index >= 15 is 0 Å². The molecule has 0 saturated heterocycles.